The van der Waals surface area contributed by atoms with Gasteiger partial charge in [-0.15, -0.1) is 11.8 Å². The van der Waals surface area contributed by atoms with Crippen LogP contribution >= 0.6 is 11.8 Å². The highest BCUT2D eigenvalue weighted by Crippen LogP contribution is 2.43. The van der Waals surface area contributed by atoms with Crippen LogP contribution in [0.4, 0.5) is 11.4 Å². The molecule has 0 bridgehead atoms. The minimum absolute atomic E-state index is 0.0759. The number of hydrogen-bond acceptors (Lipinski definition) is 3. The largest absolute Gasteiger partial charge is 0.322 e. The molecule has 0 aliphatic carbocycles. The number of thioether (sulfide) groups is 1. The fraction of sp³-hybridized carbons (Fsp3) is 0.143. The minimum atomic E-state index is -0.136. The molecule has 1 heterocycles. The molecule has 1 fully saturated rings. The summed E-state index contributed by atoms with van der Waals surface area (Å²) in [6.07, 6.45) is 0.872. The monoisotopic (exact) mass is 452 g/mol. The third-order valence-corrected chi connectivity index (χ3v) is 7.20. The Balaban J connectivity index is 1.38. The molecule has 0 aromatic heterocycles. The predicted octanol–water partition coefficient (Wildman–Crippen LogP) is 6.43. The molecule has 1 aliphatic rings. The molecule has 0 saturated carbocycles. The van der Waals surface area contributed by atoms with Crippen LogP contribution in [0.25, 0.3) is 10.8 Å². The van der Waals surface area contributed by atoms with Crippen molar-refractivity contribution < 1.29 is 9.59 Å². The number of anilines is 2. The van der Waals surface area contributed by atoms with Crippen molar-refractivity contribution in [3.8, 4) is 0 Å². The van der Waals surface area contributed by atoms with Crippen LogP contribution in [-0.2, 0) is 11.2 Å². The van der Waals surface area contributed by atoms with Crippen molar-refractivity contribution in [2.24, 2.45) is 0 Å². The number of benzene rings is 4. The highest BCUT2D eigenvalue weighted by Gasteiger charge is 2.34. The van der Waals surface area contributed by atoms with Gasteiger partial charge >= 0.3 is 0 Å². The van der Waals surface area contributed by atoms with Crippen molar-refractivity contribution in [2.75, 3.05) is 16.0 Å². The normalized spacial score (nSPS) is 15.7. The summed E-state index contributed by atoms with van der Waals surface area (Å²) >= 11 is 1.63. The maximum absolute atomic E-state index is 13.0. The zero-order chi connectivity index (χ0) is 22.8. The summed E-state index contributed by atoms with van der Waals surface area (Å²) in [4.78, 5) is 27.6. The van der Waals surface area contributed by atoms with E-state index < -0.39 is 0 Å². The molecular formula is C28H24N2O2S. The van der Waals surface area contributed by atoms with Gasteiger partial charge in [-0.25, -0.2) is 0 Å². The Kier molecular flexibility index (Phi) is 5.88. The number of rotatable bonds is 5. The van der Waals surface area contributed by atoms with E-state index in [0.29, 0.717) is 11.3 Å². The summed E-state index contributed by atoms with van der Waals surface area (Å²) in [5, 5.41) is 4.90. The zero-order valence-electron chi connectivity index (χ0n) is 18.3. The van der Waals surface area contributed by atoms with Crippen molar-refractivity contribution in [3.05, 3.63) is 108 Å². The molecule has 2 amide bonds. The first-order valence-corrected chi connectivity index (χ1v) is 12.1. The molecule has 1 saturated heterocycles. The molecule has 5 rings (SSSR count). The van der Waals surface area contributed by atoms with Crippen molar-refractivity contribution in [3.63, 3.8) is 0 Å². The van der Waals surface area contributed by atoms with E-state index in [1.165, 1.54) is 0 Å². The molecule has 4 nitrogen and oxygen atoms in total. The molecule has 0 spiro atoms. The molecule has 0 radical (unpaired) electrons. The first-order chi connectivity index (χ1) is 16.2. The van der Waals surface area contributed by atoms with Crippen molar-refractivity contribution in [2.45, 2.75) is 18.7 Å². The van der Waals surface area contributed by atoms with E-state index in [0.717, 1.165) is 39.7 Å². The molecule has 1 unspecified atom stereocenters. The van der Waals surface area contributed by atoms with Gasteiger partial charge in [-0.3, -0.25) is 14.5 Å². The molecule has 1 N–H and O–H groups in total. The van der Waals surface area contributed by atoms with Crippen LogP contribution in [-0.4, -0.2) is 17.6 Å². The number of hydrogen-bond donors (Lipinski definition) is 1. The second kappa shape index (κ2) is 9.12. The number of nitrogens with zero attached hydrogens (tertiary/aromatic N) is 1. The lowest BCUT2D eigenvalue weighted by Gasteiger charge is -2.26. The van der Waals surface area contributed by atoms with Gasteiger partial charge in [-0.2, -0.15) is 0 Å². The third-order valence-electron chi connectivity index (χ3n) is 5.99. The highest BCUT2D eigenvalue weighted by atomic mass is 32.2. The standard InChI is InChI=1S/C28H24N2O2S/c1-2-19-8-4-6-13-25(19)30-26(31)18-33-28(30)21-14-16-22(17-15-21)29-27(32)24-12-7-10-20-9-3-5-11-23(20)24/h3-17,28H,2,18H2,1H3,(H,29,32). The average molecular weight is 453 g/mol. The van der Waals surface area contributed by atoms with E-state index >= 15 is 0 Å². The summed E-state index contributed by atoms with van der Waals surface area (Å²) in [6.45, 7) is 2.11. The molecular weight excluding hydrogens is 428 g/mol. The van der Waals surface area contributed by atoms with Crippen molar-refractivity contribution >= 4 is 45.7 Å². The van der Waals surface area contributed by atoms with E-state index in [9.17, 15) is 9.59 Å². The molecule has 164 valence electrons. The molecule has 1 atom stereocenters. The van der Waals surface area contributed by atoms with Crippen molar-refractivity contribution in [1.82, 2.24) is 0 Å². The number of para-hydroxylation sites is 1. The smallest absolute Gasteiger partial charge is 0.256 e. The Morgan fingerprint density at radius 3 is 2.48 bits per heavy atom. The topological polar surface area (TPSA) is 49.4 Å². The summed E-state index contributed by atoms with van der Waals surface area (Å²) < 4.78 is 0. The first kappa shape index (κ1) is 21.3. The summed E-state index contributed by atoms with van der Waals surface area (Å²) in [7, 11) is 0. The molecule has 4 aromatic carbocycles. The van der Waals surface area contributed by atoms with Gasteiger partial charge in [0, 0.05) is 16.9 Å². The van der Waals surface area contributed by atoms with Gasteiger partial charge in [0.05, 0.1) is 5.75 Å². The van der Waals surface area contributed by atoms with Crippen LogP contribution in [0.15, 0.2) is 91.0 Å². The Morgan fingerprint density at radius 1 is 0.939 bits per heavy atom. The van der Waals surface area contributed by atoms with E-state index in [1.807, 2.05) is 89.8 Å². The number of amides is 2. The average Bonchev–Trinajstić information content (AvgIpc) is 3.25. The Hall–Kier alpha value is -3.57. The lowest BCUT2D eigenvalue weighted by molar-refractivity contribution is -0.115. The van der Waals surface area contributed by atoms with E-state index in [4.69, 9.17) is 0 Å². The SMILES string of the molecule is CCc1ccccc1N1C(=O)CSC1c1ccc(NC(=O)c2cccc3ccccc23)cc1. The Morgan fingerprint density at radius 2 is 1.67 bits per heavy atom. The van der Waals surface area contributed by atoms with Crippen LogP contribution in [0, 0.1) is 0 Å². The van der Waals surface area contributed by atoms with Crippen molar-refractivity contribution in [1.29, 1.82) is 0 Å². The minimum Gasteiger partial charge on any atom is -0.322 e. The van der Waals surface area contributed by atoms with E-state index in [2.05, 4.69) is 18.3 Å². The van der Waals surface area contributed by atoms with Gasteiger partial charge in [0.1, 0.15) is 5.37 Å². The van der Waals surface area contributed by atoms with E-state index in [1.54, 1.807) is 11.8 Å². The summed E-state index contributed by atoms with van der Waals surface area (Å²) in [6, 6.07) is 29.5. The van der Waals surface area contributed by atoms with Crippen LogP contribution in [0.2, 0.25) is 0 Å². The highest BCUT2D eigenvalue weighted by molar-refractivity contribution is 8.00. The Labute approximate surface area is 197 Å². The Bertz CT molecular complexity index is 1330. The van der Waals surface area contributed by atoms with Gasteiger partial charge in [-0.05, 0) is 52.6 Å². The quantitative estimate of drug-likeness (QED) is 0.379. The van der Waals surface area contributed by atoms with Gasteiger partial charge in [0.2, 0.25) is 5.91 Å². The van der Waals surface area contributed by atoms with Gasteiger partial charge in [0.15, 0.2) is 0 Å². The number of aryl methyl sites for hydroxylation is 1. The molecule has 5 heteroatoms. The lowest BCUT2D eigenvalue weighted by atomic mass is 10.0. The maximum Gasteiger partial charge on any atom is 0.256 e. The van der Waals surface area contributed by atoms with Crippen LogP contribution in [0.1, 0.15) is 33.8 Å². The van der Waals surface area contributed by atoms with Crippen LogP contribution in [0.5, 0.6) is 0 Å². The number of carbonyl (C=O) groups is 2. The van der Waals surface area contributed by atoms with Crippen LogP contribution in [0.3, 0.4) is 0 Å². The number of nitrogens with one attached hydrogen (secondary N) is 1. The lowest BCUT2D eigenvalue weighted by Crippen LogP contribution is -2.28. The second-order valence-electron chi connectivity index (χ2n) is 8.01. The fourth-order valence-electron chi connectivity index (χ4n) is 4.33. The first-order valence-electron chi connectivity index (χ1n) is 11.1. The van der Waals surface area contributed by atoms with Gasteiger partial charge in [-0.1, -0.05) is 73.7 Å². The second-order valence-corrected chi connectivity index (χ2v) is 9.08. The molecule has 1 aliphatic heterocycles. The molecule has 4 aromatic rings. The van der Waals surface area contributed by atoms with E-state index in [-0.39, 0.29) is 17.2 Å². The van der Waals surface area contributed by atoms with Gasteiger partial charge in [0.25, 0.3) is 5.91 Å². The number of fused-ring (bicyclic) bond motifs is 1. The maximum atomic E-state index is 13.0. The number of carbonyl (C=O) groups excluding carboxylic acids is 2. The fourth-order valence-corrected chi connectivity index (χ4v) is 5.50. The summed E-state index contributed by atoms with van der Waals surface area (Å²) in [5.74, 6) is 0.449. The predicted molar refractivity (Wildman–Crippen MR) is 137 cm³/mol. The zero-order valence-corrected chi connectivity index (χ0v) is 19.1. The third kappa shape index (κ3) is 4.12. The van der Waals surface area contributed by atoms with Gasteiger partial charge < -0.3 is 5.32 Å². The van der Waals surface area contributed by atoms with Crippen LogP contribution < -0.4 is 10.2 Å². The molecule has 33 heavy (non-hydrogen) atoms. The summed E-state index contributed by atoms with van der Waals surface area (Å²) in [5.41, 5.74) is 4.56.